The van der Waals surface area contributed by atoms with Gasteiger partial charge >= 0.3 is 5.97 Å². The minimum absolute atomic E-state index is 0.161. The molecular weight excluding hydrogens is 346 g/mol. The first-order chi connectivity index (χ1) is 11.5. The highest BCUT2D eigenvalue weighted by Gasteiger charge is 2.39. The van der Waals surface area contributed by atoms with Crippen LogP contribution in [-0.4, -0.2) is 32.1 Å². The van der Waals surface area contributed by atoms with Gasteiger partial charge in [0.1, 0.15) is 15.9 Å². The monoisotopic (exact) mass is 359 g/mol. The summed E-state index contributed by atoms with van der Waals surface area (Å²) in [6, 6.07) is 6.25. The number of carbonyl (C=O) groups excluding carboxylic acids is 1. The molecule has 1 aliphatic heterocycles. The molecule has 0 saturated carbocycles. The number of nitrogens with zero attached hydrogens (tertiary/aromatic N) is 2. The molecule has 3 rings (SSSR count). The number of ketones is 1. The van der Waals surface area contributed by atoms with E-state index in [1.807, 2.05) is 6.92 Å². The number of hydrogen-bond acceptors (Lipinski definition) is 7. The lowest BCUT2D eigenvalue weighted by Crippen LogP contribution is -2.11. The average Bonchev–Trinajstić information content (AvgIpc) is 3.13. The van der Waals surface area contributed by atoms with E-state index in [1.54, 1.807) is 18.2 Å². The number of aryl methyl sites for hydroxylation is 1. The number of hydrogen-bond donors (Lipinski definition) is 2. The largest absolute Gasteiger partial charge is 0.478 e. The fourth-order valence-electron chi connectivity index (χ4n) is 2.21. The van der Waals surface area contributed by atoms with Crippen LogP contribution in [0.5, 0.6) is 0 Å². The van der Waals surface area contributed by atoms with Crippen molar-refractivity contribution in [1.29, 1.82) is 5.41 Å². The van der Waals surface area contributed by atoms with Crippen molar-refractivity contribution in [2.45, 2.75) is 19.3 Å². The lowest BCUT2D eigenvalue weighted by Gasteiger charge is -2.00. The lowest BCUT2D eigenvalue weighted by atomic mass is 10.0. The number of carboxylic acid groups (broad SMARTS) is 1. The van der Waals surface area contributed by atoms with Gasteiger partial charge in [0.15, 0.2) is 5.78 Å². The van der Waals surface area contributed by atoms with Crippen molar-refractivity contribution in [3.8, 4) is 0 Å². The topological polar surface area (TPSA) is 104 Å². The Labute approximate surface area is 146 Å². The molecule has 0 radical (unpaired) electrons. The number of aromatic nitrogens is 2. The Balaban J connectivity index is 1.86. The molecule has 1 unspecified atom stereocenters. The number of rotatable bonds is 4. The van der Waals surface area contributed by atoms with Gasteiger partial charge in [-0.1, -0.05) is 30.8 Å². The minimum atomic E-state index is -0.995. The number of carboxylic acids is 1. The van der Waals surface area contributed by atoms with E-state index in [-0.39, 0.29) is 16.4 Å². The van der Waals surface area contributed by atoms with Gasteiger partial charge in [-0.3, -0.25) is 10.2 Å². The van der Waals surface area contributed by atoms with Crippen LogP contribution in [0.1, 0.15) is 38.8 Å². The normalized spacial score (nSPS) is 19.2. The molecule has 1 aliphatic rings. The molecule has 2 heterocycles. The van der Waals surface area contributed by atoms with Gasteiger partial charge in [0.2, 0.25) is 0 Å². The van der Waals surface area contributed by atoms with Gasteiger partial charge in [0.05, 0.1) is 15.5 Å². The number of nitrogens with one attached hydrogen (secondary N) is 1. The van der Waals surface area contributed by atoms with E-state index < -0.39 is 11.9 Å². The van der Waals surface area contributed by atoms with Crippen LogP contribution in [0.15, 0.2) is 29.2 Å². The molecule has 1 aromatic carbocycles. The van der Waals surface area contributed by atoms with Crippen molar-refractivity contribution >= 4 is 46.0 Å². The molecule has 1 fully saturated rings. The molecule has 2 aromatic rings. The highest BCUT2D eigenvalue weighted by Crippen LogP contribution is 2.41. The van der Waals surface area contributed by atoms with Crippen molar-refractivity contribution in [3.63, 3.8) is 0 Å². The Bertz CT molecular complexity index is 856. The van der Waals surface area contributed by atoms with E-state index in [2.05, 4.69) is 10.2 Å². The molecular formula is C16H13N3O3S2. The Morgan fingerprint density at radius 2 is 2.04 bits per heavy atom. The lowest BCUT2D eigenvalue weighted by molar-refractivity contribution is -0.114. The quantitative estimate of drug-likeness (QED) is 0.812. The highest BCUT2D eigenvalue weighted by atomic mass is 32.2. The van der Waals surface area contributed by atoms with Crippen LogP contribution in [0.25, 0.3) is 6.08 Å². The van der Waals surface area contributed by atoms with Crippen molar-refractivity contribution in [3.05, 3.63) is 50.3 Å². The smallest absolute Gasteiger partial charge is 0.335 e. The van der Waals surface area contributed by atoms with E-state index in [0.717, 1.165) is 28.8 Å². The molecule has 1 aromatic heterocycles. The number of allylic oxidation sites excluding steroid dienone is 1. The van der Waals surface area contributed by atoms with E-state index in [4.69, 9.17) is 10.5 Å². The predicted octanol–water partition coefficient (Wildman–Crippen LogP) is 3.22. The minimum Gasteiger partial charge on any atom is -0.478 e. The van der Waals surface area contributed by atoms with Gasteiger partial charge in [-0.05, 0) is 30.2 Å². The summed E-state index contributed by atoms with van der Waals surface area (Å²) in [5.41, 5.74) is 0.907. The molecule has 0 amide bonds. The van der Waals surface area contributed by atoms with Crippen LogP contribution >= 0.6 is 23.1 Å². The number of thioether (sulfide) groups is 1. The summed E-state index contributed by atoms with van der Waals surface area (Å²) < 4.78 is 0. The Kier molecular flexibility index (Phi) is 4.59. The first-order valence-electron chi connectivity index (χ1n) is 7.17. The molecule has 122 valence electrons. The summed E-state index contributed by atoms with van der Waals surface area (Å²) in [6.07, 6.45) is 2.42. The summed E-state index contributed by atoms with van der Waals surface area (Å²) in [5, 5.41) is 26.7. The summed E-state index contributed by atoms with van der Waals surface area (Å²) in [4.78, 5) is 23.9. The molecule has 1 saturated heterocycles. The Hall–Kier alpha value is -2.32. The zero-order chi connectivity index (χ0) is 17.3. The third-order valence-corrected chi connectivity index (χ3v) is 5.60. The maximum Gasteiger partial charge on any atom is 0.335 e. The second-order valence-corrected chi connectivity index (χ2v) is 7.26. The SMILES string of the molecule is CCc1nnc(C2C(=N)SC(=Cc3ccc(C(=O)O)cc3)C2=O)s1. The van der Waals surface area contributed by atoms with Gasteiger partial charge in [0.25, 0.3) is 0 Å². The summed E-state index contributed by atoms with van der Waals surface area (Å²) >= 11 is 2.48. The maximum atomic E-state index is 12.6. The zero-order valence-corrected chi connectivity index (χ0v) is 14.3. The van der Waals surface area contributed by atoms with Crippen LogP contribution in [0.3, 0.4) is 0 Å². The number of benzene rings is 1. The van der Waals surface area contributed by atoms with Gasteiger partial charge in [-0.15, -0.1) is 21.5 Å². The highest BCUT2D eigenvalue weighted by molar-refractivity contribution is 8.19. The van der Waals surface area contributed by atoms with E-state index in [9.17, 15) is 9.59 Å². The van der Waals surface area contributed by atoms with Crippen molar-refractivity contribution in [2.75, 3.05) is 0 Å². The van der Waals surface area contributed by atoms with Crippen LogP contribution in [0, 0.1) is 5.41 Å². The molecule has 1 atom stereocenters. The van der Waals surface area contributed by atoms with Crippen molar-refractivity contribution < 1.29 is 14.7 Å². The second kappa shape index (κ2) is 6.66. The van der Waals surface area contributed by atoms with Gasteiger partial charge < -0.3 is 5.11 Å². The van der Waals surface area contributed by atoms with Gasteiger partial charge in [-0.25, -0.2) is 4.79 Å². The van der Waals surface area contributed by atoms with Gasteiger partial charge in [0, 0.05) is 0 Å². The van der Waals surface area contributed by atoms with E-state index in [0.29, 0.717) is 9.91 Å². The molecule has 8 heteroatoms. The summed E-state index contributed by atoms with van der Waals surface area (Å²) in [6.45, 7) is 1.97. The Morgan fingerprint density at radius 1 is 1.33 bits per heavy atom. The zero-order valence-electron chi connectivity index (χ0n) is 12.6. The molecule has 24 heavy (non-hydrogen) atoms. The summed E-state index contributed by atoms with van der Waals surface area (Å²) in [7, 11) is 0. The van der Waals surface area contributed by atoms with Crippen LogP contribution < -0.4 is 0 Å². The maximum absolute atomic E-state index is 12.6. The standard InChI is InChI=1S/C16H13N3O3S2/c1-2-11-18-19-15(24-11)12-13(20)10(23-14(12)17)7-8-3-5-9(6-4-8)16(21)22/h3-7,12,17H,2H2,1H3,(H,21,22). The fraction of sp³-hybridized carbons (Fsp3) is 0.188. The molecule has 0 spiro atoms. The fourth-order valence-corrected chi connectivity index (χ4v) is 4.17. The molecule has 6 nitrogen and oxygen atoms in total. The third kappa shape index (κ3) is 3.15. The first-order valence-corrected chi connectivity index (χ1v) is 8.80. The van der Waals surface area contributed by atoms with Crippen molar-refractivity contribution in [1.82, 2.24) is 10.2 Å². The van der Waals surface area contributed by atoms with Crippen molar-refractivity contribution in [2.24, 2.45) is 0 Å². The van der Waals surface area contributed by atoms with E-state index in [1.165, 1.54) is 23.5 Å². The second-order valence-electron chi connectivity index (χ2n) is 5.09. The third-order valence-electron chi connectivity index (χ3n) is 3.47. The van der Waals surface area contributed by atoms with Crippen LogP contribution in [0.4, 0.5) is 0 Å². The number of carbonyl (C=O) groups is 2. The molecule has 0 bridgehead atoms. The number of Topliss-reactive ketones (excluding diaryl/α,β-unsaturated/α-hetero) is 1. The Morgan fingerprint density at radius 3 is 2.62 bits per heavy atom. The first kappa shape index (κ1) is 16.5. The number of aromatic carboxylic acids is 1. The predicted molar refractivity (Wildman–Crippen MR) is 93.7 cm³/mol. The van der Waals surface area contributed by atoms with Gasteiger partial charge in [-0.2, -0.15) is 0 Å². The molecule has 0 aliphatic carbocycles. The van der Waals surface area contributed by atoms with Crippen LogP contribution in [0.2, 0.25) is 0 Å². The summed E-state index contributed by atoms with van der Waals surface area (Å²) in [5.74, 6) is -1.83. The van der Waals surface area contributed by atoms with Crippen LogP contribution in [-0.2, 0) is 11.2 Å². The van der Waals surface area contributed by atoms with E-state index >= 15 is 0 Å². The average molecular weight is 359 g/mol. The molecule has 2 N–H and O–H groups in total.